The van der Waals surface area contributed by atoms with Gasteiger partial charge < -0.3 is 5.32 Å². The van der Waals surface area contributed by atoms with Crippen LogP contribution in [0.15, 0.2) is 16.6 Å². The number of nitrogens with one attached hydrogen (secondary N) is 1. The number of aryl methyl sites for hydroxylation is 1. The number of rotatable bonds is 3. The number of halogens is 3. The number of carbonyl (C=O) groups excluding carboxylic acids is 1. The highest BCUT2D eigenvalue weighted by Gasteiger charge is 2.13. The SMILES string of the molecule is Cc1cc(Br)c(F)cc1NC(=O)C(C)CCl. The van der Waals surface area contributed by atoms with Gasteiger partial charge in [0.25, 0.3) is 0 Å². The second-order valence-corrected chi connectivity index (χ2v) is 4.79. The Balaban J connectivity index is 2.90. The van der Waals surface area contributed by atoms with Crippen LogP contribution in [-0.2, 0) is 4.79 Å². The van der Waals surface area contributed by atoms with Gasteiger partial charge in [0.1, 0.15) is 5.82 Å². The molecule has 0 saturated heterocycles. The van der Waals surface area contributed by atoms with Gasteiger partial charge in [0, 0.05) is 17.5 Å². The normalized spacial score (nSPS) is 12.3. The van der Waals surface area contributed by atoms with Crippen molar-refractivity contribution in [2.45, 2.75) is 13.8 Å². The summed E-state index contributed by atoms with van der Waals surface area (Å²) in [6.07, 6.45) is 0. The molecule has 5 heteroatoms. The number of carbonyl (C=O) groups is 1. The van der Waals surface area contributed by atoms with Crippen LogP contribution in [0.25, 0.3) is 0 Å². The molecule has 0 spiro atoms. The monoisotopic (exact) mass is 307 g/mol. The van der Waals surface area contributed by atoms with Crippen LogP contribution in [0.3, 0.4) is 0 Å². The summed E-state index contributed by atoms with van der Waals surface area (Å²) in [4.78, 5) is 11.6. The molecule has 1 aromatic rings. The van der Waals surface area contributed by atoms with Crippen molar-refractivity contribution in [3.63, 3.8) is 0 Å². The fourth-order valence-electron chi connectivity index (χ4n) is 1.11. The molecule has 1 amide bonds. The summed E-state index contributed by atoms with van der Waals surface area (Å²) in [6.45, 7) is 3.51. The molecule has 1 aromatic carbocycles. The van der Waals surface area contributed by atoms with Crippen molar-refractivity contribution in [2.24, 2.45) is 5.92 Å². The van der Waals surface area contributed by atoms with Gasteiger partial charge in [-0.2, -0.15) is 0 Å². The summed E-state index contributed by atoms with van der Waals surface area (Å²) in [6, 6.07) is 2.91. The molecule has 2 nitrogen and oxygen atoms in total. The highest BCUT2D eigenvalue weighted by Crippen LogP contribution is 2.24. The molecule has 16 heavy (non-hydrogen) atoms. The summed E-state index contributed by atoms with van der Waals surface area (Å²) >= 11 is 8.65. The van der Waals surface area contributed by atoms with Crippen molar-refractivity contribution in [3.8, 4) is 0 Å². The third-order valence-electron chi connectivity index (χ3n) is 2.20. The van der Waals surface area contributed by atoms with Crippen molar-refractivity contribution in [3.05, 3.63) is 28.0 Å². The van der Waals surface area contributed by atoms with Crippen molar-refractivity contribution < 1.29 is 9.18 Å². The van der Waals surface area contributed by atoms with Gasteiger partial charge in [-0.05, 0) is 40.5 Å². The Labute approximate surface area is 107 Å². The highest BCUT2D eigenvalue weighted by atomic mass is 79.9. The van der Waals surface area contributed by atoms with Crippen LogP contribution in [0.5, 0.6) is 0 Å². The molecule has 1 atom stereocenters. The molecule has 88 valence electrons. The van der Waals surface area contributed by atoms with Gasteiger partial charge in [-0.15, -0.1) is 11.6 Å². The Hall–Kier alpha value is -0.610. The largest absolute Gasteiger partial charge is 0.325 e. The van der Waals surface area contributed by atoms with Gasteiger partial charge in [-0.25, -0.2) is 4.39 Å². The topological polar surface area (TPSA) is 29.1 Å². The van der Waals surface area contributed by atoms with Gasteiger partial charge in [0.05, 0.1) is 4.47 Å². The average Bonchev–Trinajstić information content (AvgIpc) is 2.24. The van der Waals surface area contributed by atoms with Gasteiger partial charge in [0.15, 0.2) is 0 Å². The Bertz CT molecular complexity index is 411. The van der Waals surface area contributed by atoms with Gasteiger partial charge in [-0.3, -0.25) is 4.79 Å². The van der Waals surface area contributed by atoms with Gasteiger partial charge in [0.2, 0.25) is 5.91 Å². The maximum atomic E-state index is 13.3. The van der Waals surface area contributed by atoms with E-state index in [2.05, 4.69) is 21.2 Å². The fourth-order valence-corrected chi connectivity index (χ4v) is 1.70. The molecule has 0 fully saturated rings. The first-order valence-electron chi connectivity index (χ1n) is 4.78. The maximum absolute atomic E-state index is 13.3. The first kappa shape index (κ1) is 13.5. The van der Waals surface area contributed by atoms with E-state index in [1.165, 1.54) is 6.07 Å². The molecule has 0 aliphatic carbocycles. The predicted octanol–water partition coefficient (Wildman–Crippen LogP) is 3.71. The molecule has 0 saturated carbocycles. The van der Waals surface area contributed by atoms with Crippen molar-refractivity contribution in [2.75, 3.05) is 11.2 Å². The van der Waals surface area contributed by atoms with Gasteiger partial charge in [-0.1, -0.05) is 6.92 Å². The van der Waals surface area contributed by atoms with Crippen LogP contribution >= 0.6 is 27.5 Å². The summed E-state index contributed by atoms with van der Waals surface area (Å²) in [5, 5.41) is 2.64. The molecule has 0 bridgehead atoms. The molecule has 0 aliphatic rings. The lowest BCUT2D eigenvalue weighted by molar-refractivity contribution is -0.118. The molecule has 0 heterocycles. The van der Waals surface area contributed by atoms with Crippen LogP contribution in [0.4, 0.5) is 10.1 Å². The number of hydrogen-bond donors (Lipinski definition) is 1. The number of anilines is 1. The molecule has 1 N–H and O–H groups in total. The second kappa shape index (κ2) is 5.64. The van der Waals surface area contributed by atoms with Crippen molar-refractivity contribution in [1.29, 1.82) is 0 Å². The lowest BCUT2D eigenvalue weighted by atomic mass is 10.1. The summed E-state index contributed by atoms with van der Waals surface area (Å²) in [5.41, 5.74) is 1.27. The average molecular weight is 309 g/mol. The summed E-state index contributed by atoms with van der Waals surface area (Å²) < 4.78 is 13.7. The zero-order valence-corrected chi connectivity index (χ0v) is 11.3. The van der Waals surface area contributed by atoms with Crippen molar-refractivity contribution >= 4 is 39.1 Å². The number of benzene rings is 1. The first-order chi connectivity index (χ1) is 7.45. The summed E-state index contributed by atoms with van der Waals surface area (Å²) in [5.74, 6) is -0.670. The van der Waals surface area contributed by atoms with E-state index in [0.29, 0.717) is 10.2 Å². The molecule has 0 aliphatic heterocycles. The molecular weight excluding hydrogens is 296 g/mol. The van der Waals surface area contributed by atoms with Gasteiger partial charge >= 0.3 is 0 Å². The minimum Gasteiger partial charge on any atom is -0.325 e. The first-order valence-corrected chi connectivity index (χ1v) is 6.11. The molecule has 1 unspecified atom stereocenters. The third kappa shape index (κ3) is 3.19. The quantitative estimate of drug-likeness (QED) is 0.847. The Morgan fingerprint density at radius 3 is 2.81 bits per heavy atom. The van der Waals surface area contributed by atoms with E-state index >= 15 is 0 Å². The van der Waals surface area contributed by atoms with E-state index in [1.54, 1.807) is 19.9 Å². The van der Waals surface area contributed by atoms with Crippen LogP contribution < -0.4 is 5.32 Å². The molecular formula is C11H12BrClFNO. The van der Waals surface area contributed by atoms with E-state index in [0.717, 1.165) is 5.56 Å². The minimum absolute atomic E-state index is 0.208. The van der Waals surface area contributed by atoms with E-state index in [9.17, 15) is 9.18 Å². The van der Waals surface area contributed by atoms with E-state index < -0.39 is 5.82 Å². The van der Waals surface area contributed by atoms with Crippen molar-refractivity contribution in [1.82, 2.24) is 0 Å². The number of hydrogen-bond acceptors (Lipinski definition) is 1. The lowest BCUT2D eigenvalue weighted by Gasteiger charge is -2.12. The van der Waals surface area contributed by atoms with Crippen LogP contribution in [0, 0.1) is 18.7 Å². The maximum Gasteiger partial charge on any atom is 0.228 e. The smallest absolute Gasteiger partial charge is 0.228 e. The third-order valence-corrected chi connectivity index (χ3v) is 3.27. The summed E-state index contributed by atoms with van der Waals surface area (Å²) in [7, 11) is 0. The Kier molecular flexibility index (Phi) is 4.74. The van der Waals surface area contributed by atoms with Crippen LogP contribution in [0.2, 0.25) is 0 Å². The van der Waals surface area contributed by atoms with Crippen LogP contribution in [0.1, 0.15) is 12.5 Å². The number of alkyl halides is 1. The standard InChI is InChI=1S/C11H12BrClFNO/c1-6-3-8(12)9(14)4-10(6)15-11(16)7(2)5-13/h3-4,7H,5H2,1-2H3,(H,15,16). The molecule has 0 aromatic heterocycles. The fraction of sp³-hybridized carbons (Fsp3) is 0.364. The molecule has 0 radical (unpaired) electrons. The number of amides is 1. The molecule has 1 rings (SSSR count). The van der Waals surface area contributed by atoms with Crippen LogP contribution in [-0.4, -0.2) is 11.8 Å². The lowest BCUT2D eigenvalue weighted by Crippen LogP contribution is -2.22. The van der Waals surface area contributed by atoms with E-state index in [1.807, 2.05) is 0 Å². The Morgan fingerprint density at radius 1 is 1.62 bits per heavy atom. The van der Waals surface area contributed by atoms with E-state index in [-0.39, 0.29) is 17.7 Å². The second-order valence-electron chi connectivity index (χ2n) is 3.63. The Morgan fingerprint density at radius 2 is 2.25 bits per heavy atom. The predicted molar refractivity (Wildman–Crippen MR) is 67.4 cm³/mol. The minimum atomic E-state index is -0.403. The highest BCUT2D eigenvalue weighted by molar-refractivity contribution is 9.10. The van der Waals surface area contributed by atoms with E-state index in [4.69, 9.17) is 11.6 Å². The zero-order chi connectivity index (χ0) is 12.3. The zero-order valence-electron chi connectivity index (χ0n) is 8.98.